The number of nitrogen functional groups attached to an aromatic ring is 2. The van der Waals surface area contributed by atoms with E-state index in [4.69, 9.17) is 16.9 Å². The smallest absolute Gasteiger partial charge is 0.126 e. The molecule has 11 heavy (non-hydrogen) atoms. The standard InChI is InChI=1S/C7H10N4/c1-4-2-6(8)5(3-11-4)7(9)10/h2-3H,1H3,(H2,8,11)(H3,9,10). The van der Waals surface area contributed by atoms with Gasteiger partial charge in [-0.05, 0) is 13.0 Å². The van der Waals surface area contributed by atoms with Crippen molar-refractivity contribution in [3.05, 3.63) is 23.5 Å². The number of hydrogen-bond donors (Lipinski definition) is 3. The SMILES string of the molecule is Cc1cc(N)c(C(=N)N)cn1. The van der Waals surface area contributed by atoms with Crippen molar-refractivity contribution in [1.29, 1.82) is 5.41 Å². The molecule has 1 aromatic heterocycles. The Morgan fingerprint density at radius 1 is 1.64 bits per heavy atom. The van der Waals surface area contributed by atoms with Crippen LogP contribution in [-0.4, -0.2) is 10.8 Å². The van der Waals surface area contributed by atoms with Gasteiger partial charge in [-0.25, -0.2) is 0 Å². The molecule has 0 atom stereocenters. The minimum absolute atomic E-state index is 0.0463. The molecule has 1 aromatic rings. The molecule has 0 amide bonds. The second-order valence-electron chi connectivity index (χ2n) is 2.33. The summed E-state index contributed by atoms with van der Waals surface area (Å²) in [6.07, 6.45) is 1.51. The van der Waals surface area contributed by atoms with Gasteiger partial charge in [0.2, 0.25) is 0 Å². The van der Waals surface area contributed by atoms with Gasteiger partial charge < -0.3 is 11.5 Å². The van der Waals surface area contributed by atoms with Crippen LogP contribution in [0, 0.1) is 12.3 Å². The Bertz CT molecular complexity index is 292. The average molecular weight is 150 g/mol. The van der Waals surface area contributed by atoms with Crippen molar-refractivity contribution in [3.8, 4) is 0 Å². The van der Waals surface area contributed by atoms with Gasteiger partial charge in [-0.15, -0.1) is 0 Å². The monoisotopic (exact) mass is 150 g/mol. The molecule has 1 heterocycles. The molecule has 4 heteroatoms. The summed E-state index contributed by atoms with van der Waals surface area (Å²) in [5.41, 5.74) is 12.6. The molecule has 0 fully saturated rings. The van der Waals surface area contributed by atoms with Crippen LogP contribution in [-0.2, 0) is 0 Å². The zero-order valence-corrected chi connectivity index (χ0v) is 6.26. The summed E-state index contributed by atoms with van der Waals surface area (Å²) in [6, 6.07) is 1.69. The quantitative estimate of drug-likeness (QED) is 0.396. The molecule has 1 rings (SSSR count). The van der Waals surface area contributed by atoms with Crippen molar-refractivity contribution in [2.45, 2.75) is 6.92 Å². The third-order valence-electron chi connectivity index (χ3n) is 1.36. The molecule has 0 aliphatic heterocycles. The van der Waals surface area contributed by atoms with Gasteiger partial charge in [0.05, 0.1) is 5.56 Å². The Hall–Kier alpha value is -1.58. The molecule has 0 spiro atoms. The first-order valence-corrected chi connectivity index (χ1v) is 3.18. The maximum atomic E-state index is 7.10. The highest BCUT2D eigenvalue weighted by atomic mass is 14.8. The van der Waals surface area contributed by atoms with E-state index in [0.717, 1.165) is 5.69 Å². The zero-order chi connectivity index (χ0) is 8.43. The van der Waals surface area contributed by atoms with E-state index in [1.165, 1.54) is 6.20 Å². The lowest BCUT2D eigenvalue weighted by Crippen LogP contribution is -2.14. The lowest BCUT2D eigenvalue weighted by Gasteiger charge is -2.02. The van der Waals surface area contributed by atoms with Gasteiger partial charge in [-0.1, -0.05) is 0 Å². The van der Waals surface area contributed by atoms with Crippen LogP contribution in [0.5, 0.6) is 0 Å². The van der Waals surface area contributed by atoms with E-state index >= 15 is 0 Å². The number of amidine groups is 1. The summed E-state index contributed by atoms with van der Waals surface area (Å²) in [6.45, 7) is 1.83. The van der Waals surface area contributed by atoms with E-state index in [1.807, 2.05) is 6.92 Å². The minimum Gasteiger partial charge on any atom is -0.398 e. The van der Waals surface area contributed by atoms with Crippen LogP contribution < -0.4 is 11.5 Å². The fourth-order valence-corrected chi connectivity index (χ4v) is 0.806. The molecule has 0 saturated carbocycles. The van der Waals surface area contributed by atoms with Gasteiger partial charge in [0.25, 0.3) is 0 Å². The number of aromatic nitrogens is 1. The molecular weight excluding hydrogens is 140 g/mol. The number of nitrogens with two attached hydrogens (primary N) is 2. The van der Waals surface area contributed by atoms with Crippen molar-refractivity contribution < 1.29 is 0 Å². The molecular formula is C7H10N4. The first-order chi connectivity index (χ1) is 5.11. The Morgan fingerprint density at radius 3 is 2.73 bits per heavy atom. The van der Waals surface area contributed by atoms with Gasteiger partial charge in [-0.3, -0.25) is 10.4 Å². The second-order valence-corrected chi connectivity index (χ2v) is 2.33. The van der Waals surface area contributed by atoms with Crippen LogP contribution in [0.1, 0.15) is 11.3 Å². The lowest BCUT2D eigenvalue weighted by molar-refractivity contribution is 1.19. The summed E-state index contributed by atoms with van der Waals surface area (Å²) >= 11 is 0. The third-order valence-corrected chi connectivity index (χ3v) is 1.36. The number of nitrogens with one attached hydrogen (secondary N) is 1. The third kappa shape index (κ3) is 1.46. The highest BCUT2D eigenvalue weighted by Crippen LogP contribution is 2.09. The minimum atomic E-state index is -0.0463. The van der Waals surface area contributed by atoms with Crippen LogP contribution in [0.25, 0.3) is 0 Å². The fourth-order valence-electron chi connectivity index (χ4n) is 0.806. The highest BCUT2D eigenvalue weighted by molar-refractivity contribution is 5.99. The van der Waals surface area contributed by atoms with Crippen LogP contribution in [0.2, 0.25) is 0 Å². The Morgan fingerprint density at radius 2 is 2.27 bits per heavy atom. The molecule has 4 nitrogen and oxygen atoms in total. The van der Waals surface area contributed by atoms with Gasteiger partial charge >= 0.3 is 0 Å². The van der Waals surface area contributed by atoms with Gasteiger partial charge in [0, 0.05) is 17.6 Å². The molecule has 0 aliphatic carbocycles. The number of nitrogens with zero attached hydrogens (tertiary/aromatic N) is 1. The zero-order valence-electron chi connectivity index (χ0n) is 6.26. The van der Waals surface area contributed by atoms with Crippen molar-refractivity contribution in [2.24, 2.45) is 5.73 Å². The van der Waals surface area contributed by atoms with E-state index in [0.29, 0.717) is 11.3 Å². The first-order valence-electron chi connectivity index (χ1n) is 3.18. The molecule has 5 N–H and O–H groups in total. The molecule has 0 radical (unpaired) electrons. The van der Waals surface area contributed by atoms with Crippen LogP contribution in [0.3, 0.4) is 0 Å². The molecule has 0 aliphatic rings. The number of anilines is 1. The Kier molecular flexibility index (Phi) is 1.76. The summed E-state index contributed by atoms with van der Waals surface area (Å²) in [7, 11) is 0. The largest absolute Gasteiger partial charge is 0.398 e. The topological polar surface area (TPSA) is 88.8 Å². The molecule has 0 bridgehead atoms. The van der Waals surface area contributed by atoms with Crippen molar-refractivity contribution in [1.82, 2.24) is 4.98 Å². The van der Waals surface area contributed by atoms with Gasteiger partial charge in [0.15, 0.2) is 0 Å². The average Bonchev–Trinajstić information content (AvgIpc) is 1.85. The van der Waals surface area contributed by atoms with E-state index in [2.05, 4.69) is 4.98 Å². The predicted molar refractivity (Wildman–Crippen MR) is 44.4 cm³/mol. The number of pyridine rings is 1. The first kappa shape index (κ1) is 7.53. The number of aryl methyl sites for hydroxylation is 1. The molecule has 0 aromatic carbocycles. The maximum absolute atomic E-state index is 7.10. The Balaban J connectivity index is 3.20. The summed E-state index contributed by atoms with van der Waals surface area (Å²) in [5.74, 6) is -0.0463. The normalized spacial score (nSPS) is 9.55. The van der Waals surface area contributed by atoms with Crippen molar-refractivity contribution >= 4 is 11.5 Å². The van der Waals surface area contributed by atoms with E-state index in [-0.39, 0.29) is 5.84 Å². The van der Waals surface area contributed by atoms with Crippen molar-refractivity contribution in [3.63, 3.8) is 0 Å². The fraction of sp³-hybridized carbons (Fsp3) is 0.143. The van der Waals surface area contributed by atoms with Crippen LogP contribution in [0.4, 0.5) is 5.69 Å². The van der Waals surface area contributed by atoms with E-state index in [9.17, 15) is 0 Å². The van der Waals surface area contributed by atoms with Crippen LogP contribution in [0.15, 0.2) is 12.3 Å². The second kappa shape index (κ2) is 2.57. The van der Waals surface area contributed by atoms with E-state index in [1.54, 1.807) is 6.07 Å². The molecule has 0 unspecified atom stereocenters. The summed E-state index contributed by atoms with van der Waals surface area (Å²) < 4.78 is 0. The highest BCUT2D eigenvalue weighted by Gasteiger charge is 2.01. The van der Waals surface area contributed by atoms with E-state index < -0.39 is 0 Å². The Labute approximate surface area is 64.7 Å². The number of rotatable bonds is 1. The van der Waals surface area contributed by atoms with Crippen LogP contribution >= 0.6 is 0 Å². The molecule has 0 saturated heterocycles. The summed E-state index contributed by atoms with van der Waals surface area (Å²) in [4.78, 5) is 3.96. The maximum Gasteiger partial charge on any atom is 0.126 e. The lowest BCUT2D eigenvalue weighted by atomic mass is 10.2. The van der Waals surface area contributed by atoms with Gasteiger partial charge in [0.1, 0.15) is 5.84 Å². The molecule has 58 valence electrons. The summed E-state index contributed by atoms with van der Waals surface area (Å²) in [5, 5.41) is 7.10. The predicted octanol–water partition coefficient (Wildman–Crippen LogP) is 0.256. The van der Waals surface area contributed by atoms with Crippen molar-refractivity contribution in [2.75, 3.05) is 5.73 Å². The van der Waals surface area contributed by atoms with Gasteiger partial charge in [-0.2, -0.15) is 0 Å². The number of hydrogen-bond acceptors (Lipinski definition) is 3.